The summed E-state index contributed by atoms with van der Waals surface area (Å²) in [6, 6.07) is 9.53. The van der Waals surface area contributed by atoms with Gasteiger partial charge in [0.15, 0.2) is 5.13 Å². The molecule has 6 nitrogen and oxygen atoms in total. The number of rotatable bonds is 6. The summed E-state index contributed by atoms with van der Waals surface area (Å²) in [5, 5.41) is 7.84. The summed E-state index contributed by atoms with van der Waals surface area (Å²) in [7, 11) is 0. The van der Waals surface area contributed by atoms with E-state index in [1.807, 2.05) is 31.2 Å². The highest BCUT2D eigenvalue weighted by Gasteiger charge is 2.14. The van der Waals surface area contributed by atoms with Gasteiger partial charge in [-0.1, -0.05) is 24.3 Å². The van der Waals surface area contributed by atoms with Crippen molar-refractivity contribution in [3.05, 3.63) is 70.1 Å². The van der Waals surface area contributed by atoms with Gasteiger partial charge in [-0.3, -0.25) is 14.9 Å². The van der Waals surface area contributed by atoms with Crippen LogP contribution in [0.15, 0.2) is 46.4 Å². The predicted molar refractivity (Wildman–Crippen MR) is 100 cm³/mol. The topological polar surface area (TPSA) is 84.2 Å². The Bertz CT molecular complexity index is 930. The molecule has 0 aliphatic heterocycles. The fourth-order valence-corrected chi connectivity index (χ4v) is 3.17. The Balaban J connectivity index is 1.53. The molecular formula is C19H19N3O3S. The normalized spacial score (nSPS) is 10.5. The van der Waals surface area contributed by atoms with E-state index in [1.165, 1.54) is 17.6 Å². The zero-order valence-corrected chi connectivity index (χ0v) is 15.4. The highest BCUT2D eigenvalue weighted by Crippen LogP contribution is 2.18. The number of anilines is 1. The number of furan rings is 1. The van der Waals surface area contributed by atoms with Crippen molar-refractivity contribution in [2.75, 3.05) is 5.32 Å². The van der Waals surface area contributed by atoms with E-state index in [1.54, 1.807) is 18.4 Å². The molecule has 0 saturated heterocycles. The third kappa shape index (κ3) is 4.37. The lowest BCUT2D eigenvalue weighted by molar-refractivity contribution is -0.120. The van der Waals surface area contributed by atoms with Crippen LogP contribution < -0.4 is 10.6 Å². The average molecular weight is 369 g/mol. The maximum atomic E-state index is 12.1. The molecule has 2 aromatic heterocycles. The Hall–Kier alpha value is -2.93. The fourth-order valence-electron chi connectivity index (χ4n) is 2.46. The van der Waals surface area contributed by atoms with Crippen LogP contribution in [-0.2, 0) is 17.8 Å². The van der Waals surface area contributed by atoms with Crippen LogP contribution in [-0.4, -0.2) is 16.8 Å². The lowest BCUT2D eigenvalue weighted by atomic mass is 10.1. The van der Waals surface area contributed by atoms with Crippen LogP contribution in [0.4, 0.5) is 5.13 Å². The van der Waals surface area contributed by atoms with Crippen molar-refractivity contribution in [3.8, 4) is 0 Å². The molecule has 0 saturated carbocycles. The van der Waals surface area contributed by atoms with Crippen molar-refractivity contribution >= 4 is 28.3 Å². The molecule has 0 atom stereocenters. The summed E-state index contributed by atoms with van der Waals surface area (Å²) in [5.74, 6) is 0.165. The second kappa shape index (κ2) is 7.97. The molecule has 0 aliphatic rings. The SMILES string of the molecule is Cc1ccccc1CNC(=O)Cc1csc(NC(=O)c2ccoc2C)n1. The van der Waals surface area contributed by atoms with Crippen molar-refractivity contribution in [2.24, 2.45) is 0 Å². The number of hydrogen-bond acceptors (Lipinski definition) is 5. The number of thiazole rings is 1. The van der Waals surface area contributed by atoms with Gasteiger partial charge in [-0.25, -0.2) is 4.98 Å². The minimum Gasteiger partial charge on any atom is -0.469 e. The molecule has 0 aliphatic carbocycles. The molecule has 2 heterocycles. The van der Waals surface area contributed by atoms with Gasteiger partial charge >= 0.3 is 0 Å². The Morgan fingerprint density at radius 1 is 1.19 bits per heavy atom. The number of benzene rings is 1. The Morgan fingerprint density at radius 3 is 2.73 bits per heavy atom. The predicted octanol–water partition coefficient (Wildman–Crippen LogP) is 3.46. The van der Waals surface area contributed by atoms with Gasteiger partial charge in [0, 0.05) is 11.9 Å². The lowest BCUT2D eigenvalue weighted by Gasteiger charge is -2.07. The number of hydrogen-bond donors (Lipinski definition) is 2. The highest BCUT2D eigenvalue weighted by atomic mass is 32.1. The molecular weight excluding hydrogens is 350 g/mol. The van der Waals surface area contributed by atoms with Gasteiger partial charge in [0.2, 0.25) is 5.91 Å². The van der Waals surface area contributed by atoms with E-state index in [2.05, 4.69) is 15.6 Å². The lowest BCUT2D eigenvalue weighted by Crippen LogP contribution is -2.25. The van der Waals surface area contributed by atoms with Crippen molar-refractivity contribution in [1.82, 2.24) is 10.3 Å². The number of amides is 2. The Labute approximate surface area is 155 Å². The van der Waals surface area contributed by atoms with E-state index < -0.39 is 0 Å². The van der Waals surface area contributed by atoms with E-state index >= 15 is 0 Å². The first-order valence-electron chi connectivity index (χ1n) is 8.14. The molecule has 1 aromatic carbocycles. The number of aryl methyl sites for hydroxylation is 2. The molecule has 26 heavy (non-hydrogen) atoms. The minimum absolute atomic E-state index is 0.109. The summed E-state index contributed by atoms with van der Waals surface area (Å²) in [4.78, 5) is 28.5. The number of carbonyl (C=O) groups is 2. The van der Waals surface area contributed by atoms with Gasteiger partial charge in [-0.2, -0.15) is 0 Å². The van der Waals surface area contributed by atoms with Gasteiger partial charge < -0.3 is 9.73 Å². The number of carbonyl (C=O) groups excluding carboxylic acids is 2. The summed E-state index contributed by atoms with van der Waals surface area (Å²) in [5.41, 5.74) is 3.32. The first-order valence-corrected chi connectivity index (χ1v) is 9.02. The third-order valence-electron chi connectivity index (χ3n) is 3.95. The van der Waals surface area contributed by atoms with Crippen molar-refractivity contribution in [3.63, 3.8) is 0 Å². The van der Waals surface area contributed by atoms with Crippen molar-refractivity contribution in [1.29, 1.82) is 0 Å². The van der Waals surface area contributed by atoms with Crippen LogP contribution in [0.25, 0.3) is 0 Å². The number of nitrogens with one attached hydrogen (secondary N) is 2. The maximum Gasteiger partial charge on any atom is 0.260 e. The zero-order valence-electron chi connectivity index (χ0n) is 14.5. The van der Waals surface area contributed by atoms with Gasteiger partial charge in [0.1, 0.15) is 5.76 Å². The van der Waals surface area contributed by atoms with Gasteiger partial charge in [-0.05, 0) is 31.0 Å². The van der Waals surface area contributed by atoms with Crippen LogP contribution in [0.1, 0.15) is 32.9 Å². The van der Waals surface area contributed by atoms with E-state index in [4.69, 9.17) is 4.42 Å². The van der Waals surface area contributed by atoms with Crippen LogP contribution in [0.2, 0.25) is 0 Å². The quantitative estimate of drug-likeness (QED) is 0.697. The summed E-state index contributed by atoms with van der Waals surface area (Å²) in [6.07, 6.45) is 1.64. The summed E-state index contributed by atoms with van der Waals surface area (Å²) >= 11 is 1.29. The monoisotopic (exact) mass is 369 g/mol. The van der Waals surface area contributed by atoms with Gasteiger partial charge in [-0.15, -0.1) is 11.3 Å². The highest BCUT2D eigenvalue weighted by molar-refractivity contribution is 7.14. The molecule has 3 aromatic rings. The molecule has 0 spiro atoms. The van der Waals surface area contributed by atoms with Crippen LogP contribution in [0.3, 0.4) is 0 Å². The van der Waals surface area contributed by atoms with Crippen LogP contribution in [0.5, 0.6) is 0 Å². The van der Waals surface area contributed by atoms with E-state index in [0.717, 1.165) is 11.1 Å². The molecule has 0 radical (unpaired) electrons. The van der Waals surface area contributed by atoms with Crippen LogP contribution in [0, 0.1) is 13.8 Å². The average Bonchev–Trinajstić information content (AvgIpc) is 3.23. The zero-order chi connectivity index (χ0) is 18.5. The molecule has 2 N–H and O–H groups in total. The Kier molecular flexibility index (Phi) is 5.48. The van der Waals surface area contributed by atoms with E-state index in [0.29, 0.717) is 28.7 Å². The number of aromatic nitrogens is 1. The molecule has 0 fully saturated rings. The summed E-state index contributed by atoms with van der Waals surface area (Å²) < 4.78 is 5.12. The largest absolute Gasteiger partial charge is 0.469 e. The first-order chi connectivity index (χ1) is 12.5. The van der Waals surface area contributed by atoms with Crippen molar-refractivity contribution < 1.29 is 14.0 Å². The number of nitrogens with zero attached hydrogens (tertiary/aromatic N) is 1. The fraction of sp³-hybridized carbons (Fsp3) is 0.211. The van der Waals surface area contributed by atoms with E-state index in [-0.39, 0.29) is 18.2 Å². The van der Waals surface area contributed by atoms with Gasteiger partial charge in [0.05, 0.1) is 23.9 Å². The molecule has 3 rings (SSSR count). The smallest absolute Gasteiger partial charge is 0.260 e. The second-order valence-corrected chi connectivity index (χ2v) is 6.73. The molecule has 7 heteroatoms. The van der Waals surface area contributed by atoms with Gasteiger partial charge in [0.25, 0.3) is 5.91 Å². The van der Waals surface area contributed by atoms with Crippen LogP contribution >= 0.6 is 11.3 Å². The maximum absolute atomic E-state index is 12.1. The van der Waals surface area contributed by atoms with E-state index in [9.17, 15) is 9.59 Å². The second-order valence-electron chi connectivity index (χ2n) is 5.87. The molecule has 0 unspecified atom stereocenters. The molecule has 0 bridgehead atoms. The molecule has 2 amide bonds. The first kappa shape index (κ1) is 17.9. The third-order valence-corrected chi connectivity index (χ3v) is 4.76. The minimum atomic E-state index is -0.277. The molecule has 134 valence electrons. The standard InChI is InChI=1S/C19H19N3O3S/c1-12-5-3-4-6-14(12)10-20-17(23)9-15-11-26-19(21-15)22-18(24)16-7-8-25-13(16)2/h3-8,11H,9-10H2,1-2H3,(H,20,23)(H,21,22,24). The summed E-state index contributed by atoms with van der Waals surface area (Å²) in [6.45, 7) is 4.22. The van der Waals surface area contributed by atoms with Crippen molar-refractivity contribution in [2.45, 2.75) is 26.8 Å². The Morgan fingerprint density at radius 2 is 2.00 bits per heavy atom.